The van der Waals surface area contributed by atoms with Crippen molar-refractivity contribution in [2.24, 2.45) is 11.8 Å². The fraction of sp³-hybridized carbons (Fsp3) is 0.300. The van der Waals surface area contributed by atoms with Crippen LogP contribution in [0.3, 0.4) is 0 Å². The first-order valence-electron chi connectivity index (χ1n) is 7.98. The molecule has 2 aromatic rings. The number of carbonyl (C=O) groups is 2. The summed E-state index contributed by atoms with van der Waals surface area (Å²) in [5.41, 5.74) is 1.46. The van der Waals surface area contributed by atoms with Gasteiger partial charge in [-0.1, -0.05) is 60.7 Å². The van der Waals surface area contributed by atoms with Crippen LogP contribution in [0.2, 0.25) is 0 Å². The number of Topliss-reactive ketones (excluding diaryl/α,β-unsaturated/α-hetero) is 2. The highest BCUT2D eigenvalue weighted by Crippen LogP contribution is 2.29. The number of hydrogen-bond donors (Lipinski definition) is 0. The van der Waals surface area contributed by atoms with Crippen LogP contribution in [0, 0.1) is 11.8 Å². The van der Waals surface area contributed by atoms with E-state index in [0.29, 0.717) is 26.1 Å². The van der Waals surface area contributed by atoms with Gasteiger partial charge in [-0.25, -0.2) is 0 Å². The molecule has 2 aromatic carbocycles. The Bertz CT molecular complexity index is 604. The third kappa shape index (κ3) is 3.93. The molecule has 1 aliphatic heterocycles. The molecule has 0 aliphatic carbocycles. The topological polar surface area (TPSA) is 43.4 Å². The molecule has 3 nitrogen and oxygen atoms in total. The Labute approximate surface area is 136 Å². The second-order valence-electron chi connectivity index (χ2n) is 6.04. The van der Waals surface area contributed by atoms with E-state index in [-0.39, 0.29) is 23.4 Å². The SMILES string of the molecule is O=C(C[C@@H]1COC[C@H]1CC(=O)c1ccccc1)c1ccccc1. The molecule has 0 bridgehead atoms. The minimum Gasteiger partial charge on any atom is -0.381 e. The fourth-order valence-electron chi connectivity index (χ4n) is 3.05. The zero-order chi connectivity index (χ0) is 16.1. The van der Waals surface area contributed by atoms with Gasteiger partial charge < -0.3 is 4.74 Å². The second-order valence-corrected chi connectivity index (χ2v) is 6.04. The van der Waals surface area contributed by atoms with Crippen LogP contribution in [0.1, 0.15) is 33.6 Å². The average Bonchev–Trinajstić information content (AvgIpc) is 3.03. The summed E-state index contributed by atoms with van der Waals surface area (Å²) >= 11 is 0. The van der Waals surface area contributed by atoms with Gasteiger partial charge in [0, 0.05) is 24.0 Å². The minimum atomic E-state index is 0.121. The first-order valence-corrected chi connectivity index (χ1v) is 7.98. The normalized spacial score (nSPS) is 20.3. The largest absolute Gasteiger partial charge is 0.381 e. The van der Waals surface area contributed by atoms with Crippen LogP contribution < -0.4 is 0 Å². The third-order valence-electron chi connectivity index (χ3n) is 4.42. The standard InChI is InChI=1S/C20H20O3/c21-19(15-7-3-1-4-8-15)11-17-13-23-14-18(17)12-20(22)16-9-5-2-6-10-16/h1-10,17-18H,11-14H2/t17-,18-/m1/s1. The number of carbonyl (C=O) groups excluding carboxylic acids is 2. The average molecular weight is 308 g/mol. The van der Waals surface area contributed by atoms with E-state index in [0.717, 1.165) is 11.1 Å². The molecule has 23 heavy (non-hydrogen) atoms. The molecule has 0 saturated carbocycles. The summed E-state index contributed by atoms with van der Waals surface area (Å²) in [7, 11) is 0. The molecule has 0 N–H and O–H groups in total. The molecule has 3 heteroatoms. The molecule has 1 aliphatic rings. The first-order chi connectivity index (χ1) is 11.2. The molecule has 118 valence electrons. The van der Waals surface area contributed by atoms with Gasteiger partial charge >= 0.3 is 0 Å². The quantitative estimate of drug-likeness (QED) is 0.762. The van der Waals surface area contributed by atoms with Crippen molar-refractivity contribution in [1.29, 1.82) is 0 Å². The zero-order valence-corrected chi connectivity index (χ0v) is 13.0. The van der Waals surface area contributed by atoms with E-state index >= 15 is 0 Å². The number of benzene rings is 2. The first kappa shape index (κ1) is 15.6. The Morgan fingerprint density at radius 3 is 1.52 bits per heavy atom. The molecule has 0 aromatic heterocycles. The van der Waals surface area contributed by atoms with Gasteiger partial charge in [-0.05, 0) is 11.8 Å². The number of hydrogen-bond acceptors (Lipinski definition) is 3. The fourth-order valence-corrected chi connectivity index (χ4v) is 3.05. The van der Waals surface area contributed by atoms with Gasteiger partial charge in [-0.3, -0.25) is 9.59 Å². The molecule has 0 spiro atoms. The van der Waals surface area contributed by atoms with E-state index in [9.17, 15) is 9.59 Å². The van der Waals surface area contributed by atoms with E-state index in [4.69, 9.17) is 4.74 Å². The maximum atomic E-state index is 12.4. The molecule has 3 rings (SSSR count). The summed E-state index contributed by atoms with van der Waals surface area (Å²) in [4.78, 5) is 24.7. The van der Waals surface area contributed by atoms with E-state index in [2.05, 4.69) is 0 Å². The van der Waals surface area contributed by atoms with Crippen molar-refractivity contribution in [2.75, 3.05) is 13.2 Å². The Morgan fingerprint density at radius 2 is 1.13 bits per heavy atom. The van der Waals surface area contributed by atoms with Crippen LogP contribution in [-0.2, 0) is 4.74 Å². The maximum Gasteiger partial charge on any atom is 0.163 e. The van der Waals surface area contributed by atoms with Crippen molar-refractivity contribution in [3.8, 4) is 0 Å². The predicted octanol–water partition coefficient (Wildman–Crippen LogP) is 3.80. The van der Waals surface area contributed by atoms with E-state index in [1.165, 1.54) is 0 Å². The highest BCUT2D eigenvalue weighted by Gasteiger charge is 2.32. The van der Waals surface area contributed by atoms with Crippen LogP contribution in [0.5, 0.6) is 0 Å². The Morgan fingerprint density at radius 1 is 0.739 bits per heavy atom. The van der Waals surface area contributed by atoms with Crippen LogP contribution in [0.25, 0.3) is 0 Å². The summed E-state index contributed by atoms with van der Waals surface area (Å²) in [6, 6.07) is 18.6. The summed E-state index contributed by atoms with van der Waals surface area (Å²) in [6.07, 6.45) is 0.882. The number of rotatable bonds is 6. The molecular weight excluding hydrogens is 288 g/mol. The monoisotopic (exact) mass is 308 g/mol. The lowest BCUT2D eigenvalue weighted by molar-refractivity contribution is 0.0912. The molecule has 0 radical (unpaired) electrons. The summed E-state index contributed by atoms with van der Waals surface area (Å²) in [6.45, 7) is 1.12. The molecule has 2 atom stereocenters. The van der Waals surface area contributed by atoms with Gasteiger partial charge in [0.2, 0.25) is 0 Å². The van der Waals surface area contributed by atoms with Crippen LogP contribution >= 0.6 is 0 Å². The van der Waals surface area contributed by atoms with Gasteiger partial charge in [-0.15, -0.1) is 0 Å². The zero-order valence-electron chi connectivity index (χ0n) is 13.0. The highest BCUT2D eigenvalue weighted by atomic mass is 16.5. The molecular formula is C20H20O3. The minimum absolute atomic E-state index is 0.121. The summed E-state index contributed by atoms with van der Waals surface area (Å²) < 4.78 is 5.54. The van der Waals surface area contributed by atoms with Crippen molar-refractivity contribution < 1.29 is 14.3 Å². The van der Waals surface area contributed by atoms with E-state index in [1.807, 2.05) is 60.7 Å². The van der Waals surface area contributed by atoms with Crippen molar-refractivity contribution >= 4 is 11.6 Å². The van der Waals surface area contributed by atoms with Crippen molar-refractivity contribution in [3.05, 3.63) is 71.8 Å². The summed E-state index contributed by atoms with van der Waals surface area (Å²) in [5.74, 6) is 0.488. The van der Waals surface area contributed by atoms with Crippen LogP contribution in [0.4, 0.5) is 0 Å². The Balaban J connectivity index is 1.62. The second kappa shape index (κ2) is 7.34. The van der Waals surface area contributed by atoms with Gasteiger partial charge in [0.05, 0.1) is 13.2 Å². The lowest BCUT2D eigenvalue weighted by atomic mass is 9.85. The van der Waals surface area contributed by atoms with E-state index in [1.54, 1.807) is 0 Å². The van der Waals surface area contributed by atoms with Gasteiger partial charge in [0.1, 0.15) is 0 Å². The van der Waals surface area contributed by atoms with Crippen LogP contribution in [0.15, 0.2) is 60.7 Å². The lowest BCUT2D eigenvalue weighted by Crippen LogP contribution is -2.20. The van der Waals surface area contributed by atoms with Gasteiger partial charge in [-0.2, -0.15) is 0 Å². The predicted molar refractivity (Wildman–Crippen MR) is 88.6 cm³/mol. The number of ketones is 2. The van der Waals surface area contributed by atoms with Crippen molar-refractivity contribution in [3.63, 3.8) is 0 Å². The third-order valence-corrected chi connectivity index (χ3v) is 4.42. The highest BCUT2D eigenvalue weighted by molar-refractivity contribution is 5.97. The molecule has 1 saturated heterocycles. The molecule has 0 unspecified atom stereocenters. The van der Waals surface area contributed by atoms with Crippen LogP contribution in [-0.4, -0.2) is 24.8 Å². The van der Waals surface area contributed by atoms with Crippen molar-refractivity contribution in [1.82, 2.24) is 0 Å². The maximum absolute atomic E-state index is 12.4. The Hall–Kier alpha value is -2.26. The number of ether oxygens (including phenoxy) is 1. The Kier molecular flexibility index (Phi) is 4.99. The van der Waals surface area contributed by atoms with Gasteiger partial charge in [0.25, 0.3) is 0 Å². The molecule has 1 fully saturated rings. The van der Waals surface area contributed by atoms with E-state index < -0.39 is 0 Å². The summed E-state index contributed by atoms with van der Waals surface area (Å²) in [5, 5.41) is 0. The van der Waals surface area contributed by atoms with Gasteiger partial charge in [0.15, 0.2) is 11.6 Å². The molecule has 1 heterocycles. The molecule has 0 amide bonds. The van der Waals surface area contributed by atoms with Crippen molar-refractivity contribution in [2.45, 2.75) is 12.8 Å². The smallest absolute Gasteiger partial charge is 0.163 e. The lowest BCUT2D eigenvalue weighted by Gasteiger charge is -2.16.